The van der Waals surface area contributed by atoms with E-state index >= 15 is 0 Å². The second kappa shape index (κ2) is 10.2. The Morgan fingerprint density at radius 2 is 1.81 bits per heavy atom. The Morgan fingerprint density at radius 3 is 2.50 bits per heavy atom. The van der Waals surface area contributed by atoms with E-state index in [1.54, 1.807) is 28.5 Å². The molecule has 3 heterocycles. The van der Waals surface area contributed by atoms with Crippen molar-refractivity contribution in [3.63, 3.8) is 0 Å². The fourth-order valence-electron chi connectivity index (χ4n) is 4.55. The third-order valence-corrected chi connectivity index (χ3v) is 7.19. The molecule has 0 radical (unpaired) electrons. The van der Waals surface area contributed by atoms with Crippen molar-refractivity contribution < 1.29 is 14.5 Å². The number of nitrogens with one attached hydrogen (secondary N) is 2. The minimum atomic E-state index is -0.706. The summed E-state index contributed by atoms with van der Waals surface area (Å²) in [6, 6.07) is 15.4. The van der Waals surface area contributed by atoms with Gasteiger partial charge in [0.15, 0.2) is 0 Å². The molecule has 0 aliphatic carbocycles. The van der Waals surface area contributed by atoms with Crippen molar-refractivity contribution in [2.45, 2.75) is 12.5 Å². The number of non-ortho nitro benzene ring substituents is 1. The van der Waals surface area contributed by atoms with Crippen molar-refractivity contribution in [2.24, 2.45) is 0 Å². The summed E-state index contributed by atoms with van der Waals surface area (Å²) in [5.74, 6) is -0.383. The largest absolute Gasteiger partial charge is 0.368 e. The highest BCUT2D eigenvalue weighted by Gasteiger charge is 2.30. The zero-order chi connectivity index (χ0) is 25.1. The van der Waals surface area contributed by atoms with Crippen molar-refractivity contribution in [3.05, 3.63) is 92.8 Å². The van der Waals surface area contributed by atoms with Gasteiger partial charge in [0.2, 0.25) is 5.91 Å². The van der Waals surface area contributed by atoms with Crippen LogP contribution in [0.25, 0.3) is 10.9 Å². The maximum Gasteiger partial charge on any atom is 0.269 e. The van der Waals surface area contributed by atoms with Crippen molar-refractivity contribution in [3.8, 4) is 0 Å². The second-order valence-electron chi connectivity index (χ2n) is 8.69. The SMILES string of the molecule is O=C(NC(Cc1c[nH]c2ccccc12)C(=O)N1CCN(c2ccc([N+](=O)[O-])cc2)CC1)c1ccsc1. The lowest BCUT2D eigenvalue weighted by atomic mass is 10.0. The summed E-state index contributed by atoms with van der Waals surface area (Å²) < 4.78 is 0. The Balaban J connectivity index is 1.30. The van der Waals surface area contributed by atoms with Gasteiger partial charge in [0, 0.05) is 72.9 Å². The lowest BCUT2D eigenvalue weighted by Crippen LogP contribution is -2.55. The Hall–Kier alpha value is -4.18. The van der Waals surface area contributed by atoms with E-state index in [1.807, 2.05) is 35.8 Å². The molecule has 1 aliphatic rings. The van der Waals surface area contributed by atoms with Crippen LogP contribution >= 0.6 is 11.3 Å². The molecule has 0 bridgehead atoms. The first-order chi connectivity index (χ1) is 17.5. The maximum atomic E-state index is 13.6. The van der Waals surface area contributed by atoms with Crippen LogP contribution in [0.4, 0.5) is 11.4 Å². The molecule has 1 fully saturated rings. The van der Waals surface area contributed by atoms with Crippen LogP contribution in [0.5, 0.6) is 0 Å². The Bertz CT molecular complexity index is 1380. The molecular formula is C26H25N5O4S. The number of H-pyrrole nitrogens is 1. The van der Waals surface area contributed by atoms with Crippen molar-refractivity contribution >= 4 is 45.4 Å². The predicted octanol–water partition coefficient (Wildman–Crippen LogP) is 3.83. The molecule has 0 saturated carbocycles. The maximum absolute atomic E-state index is 13.6. The molecule has 2 N–H and O–H groups in total. The number of nitrogens with zero attached hydrogens (tertiary/aromatic N) is 3. The van der Waals surface area contributed by atoms with E-state index in [0.29, 0.717) is 38.2 Å². The molecule has 2 aromatic carbocycles. The van der Waals surface area contributed by atoms with Crippen molar-refractivity contribution in [1.82, 2.24) is 15.2 Å². The number of fused-ring (bicyclic) bond motifs is 1. The van der Waals surface area contributed by atoms with Crippen LogP contribution in [0.2, 0.25) is 0 Å². The number of carbonyl (C=O) groups is 2. The highest BCUT2D eigenvalue weighted by Crippen LogP contribution is 2.23. The molecule has 0 spiro atoms. The van der Waals surface area contributed by atoms with E-state index in [1.165, 1.54) is 23.5 Å². The number of anilines is 1. The molecule has 1 unspecified atom stereocenters. The number of thiophene rings is 1. The Morgan fingerprint density at radius 1 is 1.06 bits per heavy atom. The van der Waals surface area contributed by atoms with E-state index in [9.17, 15) is 19.7 Å². The summed E-state index contributed by atoms with van der Waals surface area (Å²) >= 11 is 1.44. The number of hydrogen-bond acceptors (Lipinski definition) is 6. The van der Waals surface area contributed by atoms with Crippen LogP contribution in [0.3, 0.4) is 0 Å². The fourth-order valence-corrected chi connectivity index (χ4v) is 5.18. The second-order valence-corrected chi connectivity index (χ2v) is 9.47. The monoisotopic (exact) mass is 503 g/mol. The van der Waals surface area contributed by atoms with Gasteiger partial charge < -0.3 is 20.1 Å². The van der Waals surface area contributed by atoms with Crippen LogP contribution < -0.4 is 10.2 Å². The van der Waals surface area contributed by atoms with Gasteiger partial charge in [0.1, 0.15) is 6.04 Å². The predicted molar refractivity (Wildman–Crippen MR) is 139 cm³/mol. The smallest absolute Gasteiger partial charge is 0.269 e. The number of piperazine rings is 1. The van der Waals surface area contributed by atoms with Crippen molar-refractivity contribution in [1.29, 1.82) is 0 Å². The van der Waals surface area contributed by atoms with Gasteiger partial charge in [0.25, 0.3) is 11.6 Å². The van der Waals surface area contributed by atoms with Gasteiger partial charge in [-0.2, -0.15) is 11.3 Å². The van der Waals surface area contributed by atoms with Gasteiger partial charge >= 0.3 is 0 Å². The van der Waals surface area contributed by atoms with E-state index < -0.39 is 11.0 Å². The van der Waals surface area contributed by atoms with Crippen LogP contribution in [0.1, 0.15) is 15.9 Å². The van der Waals surface area contributed by atoms with Crippen LogP contribution in [-0.2, 0) is 11.2 Å². The molecule has 1 saturated heterocycles. The number of carbonyl (C=O) groups excluding carboxylic acids is 2. The van der Waals surface area contributed by atoms with Gasteiger partial charge in [-0.05, 0) is 35.2 Å². The van der Waals surface area contributed by atoms with Crippen LogP contribution in [-0.4, -0.2) is 58.8 Å². The fraction of sp³-hybridized carbons (Fsp3) is 0.231. The normalized spacial score (nSPS) is 14.6. The zero-order valence-electron chi connectivity index (χ0n) is 19.4. The van der Waals surface area contributed by atoms with Crippen molar-refractivity contribution in [2.75, 3.05) is 31.1 Å². The number of nitro benzene ring substituents is 1. The number of aromatic amines is 1. The standard InChI is InChI=1S/C26H25N5O4S/c32-25(18-9-14-36-17-18)28-24(15-19-16-27-23-4-2-1-3-22(19)23)26(33)30-12-10-29(11-13-30)20-5-7-21(8-6-20)31(34)35/h1-9,14,16-17,24,27H,10-13,15H2,(H,28,32). The minimum Gasteiger partial charge on any atom is -0.368 e. The number of amides is 2. The summed E-state index contributed by atoms with van der Waals surface area (Å²) in [5, 5.41) is 18.5. The molecule has 1 aliphatic heterocycles. The van der Waals surface area contributed by atoms with Gasteiger partial charge in [-0.1, -0.05) is 18.2 Å². The lowest BCUT2D eigenvalue weighted by Gasteiger charge is -2.37. The van der Waals surface area contributed by atoms with E-state index in [-0.39, 0.29) is 17.5 Å². The number of benzene rings is 2. The summed E-state index contributed by atoms with van der Waals surface area (Å²) in [7, 11) is 0. The molecule has 2 aromatic heterocycles. The van der Waals surface area contributed by atoms with Crippen LogP contribution in [0.15, 0.2) is 71.6 Å². The topological polar surface area (TPSA) is 112 Å². The molecule has 36 heavy (non-hydrogen) atoms. The Labute approximate surface area is 211 Å². The highest BCUT2D eigenvalue weighted by molar-refractivity contribution is 7.08. The molecule has 9 nitrogen and oxygen atoms in total. The minimum absolute atomic E-state index is 0.0500. The quantitative estimate of drug-likeness (QED) is 0.294. The number of para-hydroxylation sites is 1. The summed E-state index contributed by atoms with van der Waals surface area (Å²) in [4.78, 5) is 44.1. The number of hydrogen-bond donors (Lipinski definition) is 2. The molecule has 4 aromatic rings. The van der Waals surface area contributed by atoms with Crippen LogP contribution in [0, 0.1) is 10.1 Å². The average molecular weight is 504 g/mol. The number of nitro groups is 1. The van der Waals surface area contributed by atoms with E-state index in [0.717, 1.165) is 22.2 Å². The van der Waals surface area contributed by atoms with E-state index in [2.05, 4.69) is 15.2 Å². The van der Waals surface area contributed by atoms with Gasteiger partial charge in [-0.25, -0.2) is 0 Å². The first-order valence-corrected chi connectivity index (χ1v) is 12.6. The first kappa shape index (κ1) is 23.6. The highest BCUT2D eigenvalue weighted by atomic mass is 32.1. The molecule has 184 valence electrons. The Kier molecular flexibility index (Phi) is 6.68. The van der Waals surface area contributed by atoms with E-state index in [4.69, 9.17) is 0 Å². The third kappa shape index (κ3) is 4.94. The molecule has 1 atom stereocenters. The third-order valence-electron chi connectivity index (χ3n) is 6.50. The summed E-state index contributed by atoms with van der Waals surface area (Å²) in [6.45, 7) is 2.19. The van der Waals surface area contributed by atoms with Gasteiger partial charge in [0.05, 0.1) is 10.5 Å². The average Bonchev–Trinajstić information content (AvgIpc) is 3.59. The zero-order valence-corrected chi connectivity index (χ0v) is 20.2. The number of aromatic nitrogens is 1. The summed E-state index contributed by atoms with van der Waals surface area (Å²) in [5.41, 5.74) is 3.43. The summed E-state index contributed by atoms with van der Waals surface area (Å²) in [6.07, 6.45) is 2.27. The molecular weight excluding hydrogens is 478 g/mol. The molecule has 5 rings (SSSR count). The molecule has 10 heteroatoms. The molecule has 2 amide bonds. The number of rotatable bonds is 7. The van der Waals surface area contributed by atoms with Gasteiger partial charge in [-0.15, -0.1) is 0 Å². The lowest BCUT2D eigenvalue weighted by molar-refractivity contribution is -0.384. The first-order valence-electron chi connectivity index (χ1n) is 11.7. The van der Waals surface area contributed by atoms with Gasteiger partial charge in [-0.3, -0.25) is 19.7 Å².